The van der Waals surface area contributed by atoms with Crippen LogP contribution in [0.25, 0.3) is 6.08 Å². The van der Waals surface area contributed by atoms with Crippen molar-refractivity contribution < 1.29 is 14.3 Å². The van der Waals surface area contributed by atoms with Gasteiger partial charge in [0.2, 0.25) is 0 Å². The summed E-state index contributed by atoms with van der Waals surface area (Å²) >= 11 is 5.88. The van der Waals surface area contributed by atoms with Crippen molar-refractivity contribution in [1.82, 2.24) is 5.32 Å². The van der Waals surface area contributed by atoms with Gasteiger partial charge in [0.1, 0.15) is 0 Å². The van der Waals surface area contributed by atoms with Gasteiger partial charge in [-0.1, -0.05) is 35.9 Å². The van der Waals surface area contributed by atoms with Crippen molar-refractivity contribution in [2.24, 2.45) is 0 Å². The predicted octanol–water partition coefficient (Wildman–Crippen LogP) is 3.92. The topological polar surface area (TPSA) is 67.4 Å². The lowest BCUT2D eigenvalue weighted by Gasteiger charge is -2.09. The Labute approximate surface area is 138 Å². The molecule has 2 N–H and O–H groups in total. The standard InChI is InChI=1S/C17H15ClN2O3/c1-23-16(21)14-7-2-3-8-15(14)20-17(22)19-10-9-12-5-4-6-13(18)11-12/h2-11H,1H3,(H2,19,20,22)/b10-9+. The molecule has 0 radical (unpaired) electrons. The molecule has 2 aromatic rings. The number of carbonyl (C=O) groups excluding carboxylic acids is 2. The summed E-state index contributed by atoms with van der Waals surface area (Å²) in [6.45, 7) is 0. The molecule has 118 valence electrons. The molecule has 0 aromatic heterocycles. The summed E-state index contributed by atoms with van der Waals surface area (Å²) in [6.07, 6.45) is 3.19. The second kappa shape index (κ2) is 8.00. The molecule has 0 saturated carbocycles. The zero-order valence-electron chi connectivity index (χ0n) is 12.4. The van der Waals surface area contributed by atoms with E-state index >= 15 is 0 Å². The fraction of sp³-hybridized carbons (Fsp3) is 0.0588. The molecule has 0 bridgehead atoms. The first-order valence-electron chi connectivity index (χ1n) is 6.77. The number of hydrogen-bond acceptors (Lipinski definition) is 3. The summed E-state index contributed by atoms with van der Waals surface area (Å²) in [6, 6.07) is 13.3. The molecule has 6 heteroatoms. The van der Waals surface area contributed by atoms with E-state index in [9.17, 15) is 9.59 Å². The zero-order chi connectivity index (χ0) is 16.7. The Morgan fingerprint density at radius 2 is 1.91 bits per heavy atom. The van der Waals surface area contributed by atoms with Crippen LogP contribution in [-0.2, 0) is 4.74 Å². The van der Waals surface area contributed by atoms with Crippen LogP contribution < -0.4 is 10.6 Å². The van der Waals surface area contributed by atoms with Crippen molar-refractivity contribution in [2.75, 3.05) is 12.4 Å². The second-order valence-corrected chi connectivity index (χ2v) is 4.96. The van der Waals surface area contributed by atoms with Crippen LogP contribution in [0.4, 0.5) is 10.5 Å². The Morgan fingerprint density at radius 1 is 1.13 bits per heavy atom. The van der Waals surface area contributed by atoms with Gasteiger partial charge in [0.25, 0.3) is 0 Å². The lowest BCUT2D eigenvalue weighted by atomic mass is 10.2. The van der Waals surface area contributed by atoms with Crippen LogP contribution >= 0.6 is 11.6 Å². The summed E-state index contributed by atoms with van der Waals surface area (Å²) in [5, 5.41) is 5.77. The monoisotopic (exact) mass is 330 g/mol. The van der Waals surface area contributed by atoms with Crippen LogP contribution in [0.2, 0.25) is 5.02 Å². The van der Waals surface area contributed by atoms with Crippen molar-refractivity contribution in [2.45, 2.75) is 0 Å². The molecule has 23 heavy (non-hydrogen) atoms. The summed E-state index contributed by atoms with van der Waals surface area (Å²) in [5.41, 5.74) is 1.50. The Morgan fingerprint density at radius 3 is 2.65 bits per heavy atom. The van der Waals surface area contributed by atoms with Gasteiger partial charge in [-0.3, -0.25) is 0 Å². The van der Waals surface area contributed by atoms with E-state index < -0.39 is 12.0 Å². The van der Waals surface area contributed by atoms with Gasteiger partial charge in [0.15, 0.2) is 0 Å². The fourth-order valence-corrected chi connectivity index (χ4v) is 2.06. The smallest absolute Gasteiger partial charge is 0.339 e. The number of amides is 2. The van der Waals surface area contributed by atoms with Crippen molar-refractivity contribution in [1.29, 1.82) is 0 Å². The minimum Gasteiger partial charge on any atom is -0.465 e. The van der Waals surface area contributed by atoms with E-state index in [1.54, 1.807) is 42.5 Å². The minimum absolute atomic E-state index is 0.281. The van der Waals surface area contributed by atoms with E-state index in [0.29, 0.717) is 10.7 Å². The van der Waals surface area contributed by atoms with Crippen molar-refractivity contribution in [3.05, 3.63) is 70.9 Å². The van der Waals surface area contributed by atoms with E-state index in [1.165, 1.54) is 13.3 Å². The number of benzene rings is 2. The molecular weight excluding hydrogens is 316 g/mol. The van der Waals surface area contributed by atoms with Gasteiger partial charge < -0.3 is 15.4 Å². The lowest BCUT2D eigenvalue weighted by molar-refractivity contribution is 0.0602. The molecule has 0 unspecified atom stereocenters. The maximum Gasteiger partial charge on any atom is 0.339 e. The van der Waals surface area contributed by atoms with Gasteiger partial charge in [-0.25, -0.2) is 9.59 Å². The molecule has 0 aliphatic heterocycles. The third-order valence-corrected chi connectivity index (χ3v) is 3.15. The second-order valence-electron chi connectivity index (χ2n) is 4.52. The van der Waals surface area contributed by atoms with Crippen molar-refractivity contribution >= 4 is 35.4 Å². The Bertz CT molecular complexity index is 744. The molecule has 5 nitrogen and oxygen atoms in total. The highest BCUT2D eigenvalue weighted by atomic mass is 35.5. The number of nitrogens with one attached hydrogen (secondary N) is 2. The van der Waals surface area contributed by atoms with E-state index in [0.717, 1.165) is 5.56 Å². The summed E-state index contributed by atoms with van der Waals surface area (Å²) in [5.74, 6) is -0.518. The van der Waals surface area contributed by atoms with Gasteiger partial charge >= 0.3 is 12.0 Å². The molecule has 2 aromatic carbocycles. The molecule has 0 heterocycles. The first-order valence-corrected chi connectivity index (χ1v) is 7.15. The normalized spacial score (nSPS) is 10.3. The van der Waals surface area contributed by atoms with E-state index in [1.807, 2.05) is 12.1 Å². The van der Waals surface area contributed by atoms with Crippen LogP contribution in [0.1, 0.15) is 15.9 Å². The van der Waals surface area contributed by atoms with Crippen molar-refractivity contribution in [3.8, 4) is 0 Å². The van der Waals surface area contributed by atoms with Crippen LogP contribution in [0.5, 0.6) is 0 Å². The summed E-state index contributed by atoms with van der Waals surface area (Å²) in [7, 11) is 1.28. The number of anilines is 1. The number of ether oxygens (including phenoxy) is 1. The number of urea groups is 1. The number of carbonyl (C=O) groups is 2. The van der Waals surface area contributed by atoms with Crippen LogP contribution in [-0.4, -0.2) is 19.1 Å². The van der Waals surface area contributed by atoms with Crippen LogP contribution in [0, 0.1) is 0 Å². The first-order chi connectivity index (χ1) is 11.1. The third kappa shape index (κ3) is 4.86. The van der Waals surface area contributed by atoms with Crippen LogP contribution in [0.3, 0.4) is 0 Å². The van der Waals surface area contributed by atoms with Crippen LogP contribution in [0.15, 0.2) is 54.7 Å². The summed E-state index contributed by atoms with van der Waals surface area (Å²) < 4.78 is 4.67. The molecule has 0 spiro atoms. The van der Waals surface area contributed by atoms with Gasteiger partial charge in [-0.05, 0) is 35.9 Å². The number of halogens is 1. The average molecular weight is 331 g/mol. The molecule has 0 saturated heterocycles. The predicted molar refractivity (Wildman–Crippen MR) is 90.4 cm³/mol. The van der Waals surface area contributed by atoms with Gasteiger partial charge in [0, 0.05) is 11.2 Å². The maximum absolute atomic E-state index is 11.9. The quantitative estimate of drug-likeness (QED) is 0.835. The zero-order valence-corrected chi connectivity index (χ0v) is 13.1. The van der Waals surface area contributed by atoms with Gasteiger partial charge in [-0.15, -0.1) is 0 Å². The lowest BCUT2D eigenvalue weighted by Crippen LogP contribution is -2.25. The SMILES string of the molecule is COC(=O)c1ccccc1NC(=O)N/C=C/c1cccc(Cl)c1. The number of esters is 1. The van der Waals surface area contributed by atoms with E-state index in [2.05, 4.69) is 15.4 Å². The first kappa shape index (κ1) is 16.6. The molecular formula is C17H15ClN2O3. The Hall–Kier alpha value is -2.79. The number of rotatable bonds is 4. The number of para-hydroxylation sites is 1. The highest BCUT2D eigenvalue weighted by molar-refractivity contribution is 6.30. The summed E-state index contributed by atoms with van der Waals surface area (Å²) in [4.78, 5) is 23.5. The van der Waals surface area contributed by atoms with Crippen molar-refractivity contribution in [3.63, 3.8) is 0 Å². The Balaban J connectivity index is 1.99. The van der Waals surface area contributed by atoms with Gasteiger partial charge in [-0.2, -0.15) is 0 Å². The highest BCUT2D eigenvalue weighted by Crippen LogP contribution is 2.16. The third-order valence-electron chi connectivity index (χ3n) is 2.92. The minimum atomic E-state index is -0.518. The number of hydrogen-bond donors (Lipinski definition) is 2. The van der Waals surface area contributed by atoms with E-state index in [-0.39, 0.29) is 5.56 Å². The maximum atomic E-state index is 11.9. The molecule has 0 fully saturated rings. The van der Waals surface area contributed by atoms with E-state index in [4.69, 9.17) is 11.6 Å². The number of methoxy groups -OCH3 is 1. The Kier molecular flexibility index (Phi) is 5.77. The molecule has 0 aliphatic carbocycles. The molecule has 2 amide bonds. The van der Waals surface area contributed by atoms with Gasteiger partial charge in [0.05, 0.1) is 18.4 Å². The fourth-order valence-electron chi connectivity index (χ4n) is 1.86. The molecule has 0 atom stereocenters. The molecule has 0 aliphatic rings. The largest absolute Gasteiger partial charge is 0.465 e. The molecule has 2 rings (SSSR count). The average Bonchev–Trinajstić information content (AvgIpc) is 2.55. The highest BCUT2D eigenvalue weighted by Gasteiger charge is 2.12.